The highest BCUT2D eigenvalue weighted by Crippen LogP contribution is 2.19. The van der Waals surface area contributed by atoms with Crippen LogP contribution in [0.1, 0.15) is 31.9 Å². The summed E-state index contributed by atoms with van der Waals surface area (Å²) in [5.41, 5.74) is 3.50. The topological polar surface area (TPSA) is 74.0 Å². The lowest BCUT2D eigenvalue weighted by Crippen LogP contribution is -2.49. The van der Waals surface area contributed by atoms with Crippen molar-refractivity contribution in [3.63, 3.8) is 0 Å². The Morgan fingerprint density at radius 3 is 2.41 bits per heavy atom. The fraction of sp³-hybridized carbons (Fsp3) is 0.250. The van der Waals surface area contributed by atoms with E-state index < -0.39 is 6.04 Å². The molecule has 0 aliphatic heterocycles. The highest BCUT2D eigenvalue weighted by atomic mass is 16.2. The lowest BCUT2D eigenvalue weighted by atomic mass is 10.0. The zero-order valence-electron chi connectivity index (χ0n) is 17.0. The Morgan fingerprint density at radius 2 is 1.69 bits per heavy atom. The van der Waals surface area contributed by atoms with E-state index in [1.807, 2.05) is 80.7 Å². The van der Waals surface area contributed by atoms with Crippen LogP contribution in [-0.2, 0) is 16.0 Å². The average molecular weight is 389 g/mol. The third-order valence-corrected chi connectivity index (χ3v) is 4.69. The summed E-state index contributed by atoms with van der Waals surface area (Å²) in [7, 11) is 0. The Hall–Kier alpha value is -3.34. The van der Waals surface area contributed by atoms with Crippen LogP contribution in [0.25, 0.3) is 17.0 Å². The lowest BCUT2D eigenvalue weighted by Gasteiger charge is -2.20. The molecular formula is C24H27N3O2. The van der Waals surface area contributed by atoms with Crippen molar-refractivity contribution >= 4 is 28.8 Å². The van der Waals surface area contributed by atoms with Gasteiger partial charge >= 0.3 is 0 Å². The largest absolute Gasteiger partial charge is 0.361 e. The fourth-order valence-electron chi connectivity index (χ4n) is 3.25. The summed E-state index contributed by atoms with van der Waals surface area (Å²) in [5.74, 6) is -0.441. The van der Waals surface area contributed by atoms with Gasteiger partial charge in [0.1, 0.15) is 6.04 Å². The molecule has 0 saturated carbocycles. The number of carbonyl (C=O) groups excluding carboxylic acids is 2. The van der Waals surface area contributed by atoms with Crippen molar-refractivity contribution < 1.29 is 9.59 Å². The van der Waals surface area contributed by atoms with Crippen molar-refractivity contribution in [1.29, 1.82) is 0 Å². The second kappa shape index (κ2) is 9.24. The van der Waals surface area contributed by atoms with Gasteiger partial charge in [-0.1, -0.05) is 48.5 Å². The van der Waals surface area contributed by atoms with Crippen molar-refractivity contribution in [2.45, 2.75) is 39.3 Å². The molecule has 0 aliphatic carbocycles. The van der Waals surface area contributed by atoms with E-state index in [-0.39, 0.29) is 17.9 Å². The molecule has 150 valence electrons. The summed E-state index contributed by atoms with van der Waals surface area (Å²) in [5, 5.41) is 6.88. The van der Waals surface area contributed by atoms with Crippen molar-refractivity contribution in [2.24, 2.45) is 0 Å². The van der Waals surface area contributed by atoms with Gasteiger partial charge in [-0.2, -0.15) is 0 Å². The number of para-hydroxylation sites is 1. The van der Waals surface area contributed by atoms with Gasteiger partial charge in [0.05, 0.1) is 0 Å². The van der Waals surface area contributed by atoms with Gasteiger partial charge in [-0.3, -0.25) is 9.59 Å². The molecule has 29 heavy (non-hydrogen) atoms. The Kier molecular flexibility index (Phi) is 6.50. The SMILES string of the molecule is C/C(=C\c1ccccc1)C(=O)N[C@@H](Cc1c[nH]c2ccccc12)C(=O)NC(C)C. The van der Waals surface area contributed by atoms with Crippen molar-refractivity contribution in [3.05, 3.63) is 77.5 Å². The minimum atomic E-state index is -0.664. The first-order chi connectivity index (χ1) is 13.9. The summed E-state index contributed by atoms with van der Waals surface area (Å²) in [6.07, 6.45) is 4.13. The summed E-state index contributed by atoms with van der Waals surface area (Å²) >= 11 is 0. The Balaban J connectivity index is 1.80. The maximum Gasteiger partial charge on any atom is 0.247 e. The number of benzene rings is 2. The second-order valence-corrected chi connectivity index (χ2v) is 7.49. The van der Waals surface area contributed by atoms with Gasteiger partial charge in [-0.05, 0) is 44.0 Å². The summed E-state index contributed by atoms with van der Waals surface area (Å²) in [6.45, 7) is 5.57. The molecule has 0 fully saturated rings. The fourth-order valence-corrected chi connectivity index (χ4v) is 3.25. The number of amides is 2. The summed E-state index contributed by atoms with van der Waals surface area (Å²) in [6, 6.07) is 16.9. The molecule has 0 radical (unpaired) electrons. The zero-order valence-corrected chi connectivity index (χ0v) is 17.0. The zero-order chi connectivity index (χ0) is 20.8. The van der Waals surface area contributed by atoms with E-state index in [9.17, 15) is 9.59 Å². The van der Waals surface area contributed by atoms with Gasteiger partial charge in [0, 0.05) is 35.1 Å². The van der Waals surface area contributed by atoms with E-state index in [0.29, 0.717) is 12.0 Å². The maximum absolute atomic E-state index is 12.8. The number of hydrogen-bond donors (Lipinski definition) is 3. The quantitative estimate of drug-likeness (QED) is 0.538. The van der Waals surface area contributed by atoms with Crippen LogP contribution in [0.15, 0.2) is 66.4 Å². The number of nitrogens with one attached hydrogen (secondary N) is 3. The number of hydrogen-bond acceptors (Lipinski definition) is 2. The van der Waals surface area contributed by atoms with Crippen LogP contribution in [0, 0.1) is 0 Å². The molecule has 0 saturated heterocycles. The van der Waals surface area contributed by atoms with E-state index in [0.717, 1.165) is 22.0 Å². The Bertz CT molecular complexity index is 1020. The van der Waals surface area contributed by atoms with Crippen molar-refractivity contribution in [1.82, 2.24) is 15.6 Å². The van der Waals surface area contributed by atoms with E-state index in [4.69, 9.17) is 0 Å². The first-order valence-corrected chi connectivity index (χ1v) is 9.83. The molecule has 1 atom stereocenters. The smallest absolute Gasteiger partial charge is 0.247 e. The highest BCUT2D eigenvalue weighted by Gasteiger charge is 2.23. The van der Waals surface area contributed by atoms with Gasteiger partial charge < -0.3 is 15.6 Å². The summed E-state index contributed by atoms with van der Waals surface area (Å²) < 4.78 is 0. The molecule has 5 heteroatoms. The Labute approximate surface area is 171 Å². The van der Waals surface area contributed by atoms with E-state index in [2.05, 4.69) is 15.6 Å². The van der Waals surface area contributed by atoms with Gasteiger partial charge in [0.2, 0.25) is 11.8 Å². The molecule has 3 N–H and O–H groups in total. The number of aromatic nitrogens is 1. The molecule has 0 aliphatic rings. The van der Waals surface area contributed by atoms with Crippen molar-refractivity contribution in [3.8, 4) is 0 Å². The van der Waals surface area contributed by atoms with Crippen LogP contribution in [-0.4, -0.2) is 28.9 Å². The van der Waals surface area contributed by atoms with Gasteiger partial charge in [0.15, 0.2) is 0 Å². The minimum absolute atomic E-state index is 0.00849. The molecule has 3 aromatic rings. The van der Waals surface area contributed by atoms with Crippen LogP contribution in [0.5, 0.6) is 0 Å². The van der Waals surface area contributed by atoms with Crippen LogP contribution < -0.4 is 10.6 Å². The van der Waals surface area contributed by atoms with Crippen LogP contribution in [0.4, 0.5) is 0 Å². The predicted octanol–water partition coefficient (Wildman–Crippen LogP) is 3.82. The molecule has 5 nitrogen and oxygen atoms in total. The number of carbonyl (C=O) groups is 2. The average Bonchev–Trinajstić information content (AvgIpc) is 3.10. The van der Waals surface area contributed by atoms with Gasteiger partial charge in [-0.25, -0.2) is 0 Å². The van der Waals surface area contributed by atoms with E-state index in [1.165, 1.54) is 0 Å². The van der Waals surface area contributed by atoms with Crippen molar-refractivity contribution in [2.75, 3.05) is 0 Å². The molecule has 0 bridgehead atoms. The third-order valence-electron chi connectivity index (χ3n) is 4.69. The predicted molar refractivity (Wildman–Crippen MR) is 117 cm³/mol. The van der Waals surface area contributed by atoms with Gasteiger partial charge in [-0.15, -0.1) is 0 Å². The number of H-pyrrole nitrogens is 1. The monoisotopic (exact) mass is 389 g/mol. The molecule has 0 unspecified atom stereocenters. The number of rotatable bonds is 7. The first-order valence-electron chi connectivity index (χ1n) is 9.83. The molecule has 2 amide bonds. The minimum Gasteiger partial charge on any atom is -0.361 e. The normalized spacial score (nSPS) is 12.8. The molecular weight excluding hydrogens is 362 g/mol. The number of fused-ring (bicyclic) bond motifs is 1. The molecule has 1 aromatic heterocycles. The van der Waals surface area contributed by atoms with Gasteiger partial charge in [0.25, 0.3) is 0 Å². The third kappa shape index (κ3) is 5.35. The summed E-state index contributed by atoms with van der Waals surface area (Å²) in [4.78, 5) is 28.8. The maximum atomic E-state index is 12.8. The second-order valence-electron chi connectivity index (χ2n) is 7.49. The van der Waals surface area contributed by atoms with E-state index in [1.54, 1.807) is 6.92 Å². The van der Waals surface area contributed by atoms with Crippen LogP contribution >= 0.6 is 0 Å². The van der Waals surface area contributed by atoms with E-state index >= 15 is 0 Å². The van der Waals surface area contributed by atoms with Crippen LogP contribution in [0.2, 0.25) is 0 Å². The lowest BCUT2D eigenvalue weighted by molar-refractivity contribution is -0.127. The van der Waals surface area contributed by atoms with Crippen LogP contribution in [0.3, 0.4) is 0 Å². The molecule has 3 rings (SSSR count). The molecule has 1 heterocycles. The highest BCUT2D eigenvalue weighted by molar-refractivity contribution is 6.00. The standard InChI is InChI=1S/C24H27N3O2/c1-16(2)26-24(29)22(14-19-15-25-21-12-8-7-11-20(19)21)27-23(28)17(3)13-18-9-5-4-6-10-18/h4-13,15-16,22,25H,14H2,1-3H3,(H,26,29)(H,27,28)/b17-13+/t22-/m0/s1. The first kappa shape index (κ1) is 20.4. The Morgan fingerprint density at radius 1 is 1.00 bits per heavy atom. The molecule has 2 aromatic carbocycles. The molecule has 0 spiro atoms. The number of aromatic amines is 1.